The Morgan fingerprint density at radius 1 is 1.25 bits per heavy atom. The number of aromatic nitrogens is 3. The van der Waals surface area contributed by atoms with Gasteiger partial charge in [-0.2, -0.15) is 0 Å². The van der Waals surface area contributed by atoms with Crippen LogP contribution in [0.4, 0.5) is 0 Å². The van der Waals surface area contributed by atoms with Gasteiger partial charge in [-0.3, -0.25) is 4.68 Å². The lowest BCUT2D eigenvalue weighted by atomic mass is 10.1. The summed E-state index contributed by atoms with van der Waals surface area (Å²) in [6.45, 7) is 5.56. The predicted octanol–water partition coefficient (Wildman–Crippen LogP) is 3.30. The molecular formula is C13H23N3. The van der Waals surface area contributed by atoms with Crippen molar-refractivity contribution in [1.29, 1.82) is 0 Å². The van der Waals surface area contributed by atoms with Gasteiger partial charge in [0.25, 0.3) is 0 Å². The molecule has 90 valence electrons. The number of nitrogens with zero attached hydrogens (tertiary/aromatic N) is 3. The lowest BCUT2D eigenvalue weighted by Gasteiger charge is -2.01. The molecule has 16 heavy (non-hydrogen) atoms. The van der Waals surface area contributed by atoms with Gasteiger partial charge in [0.15, 0.2) is 0 Å². The third-order valence-corrected chi connectivity index (χ3v) is 3.65. The van der Waals surface area contributed by atoms with Crippen LogP contribution in [-0.2, 0) is 12.0 Å². The van der Waals surface area contributed by atoms with E-state index >= 15 is 0 Å². The minimum atomic E-state index is 0.362. The molecule has 1 aromatic rings. The molecule has 1 fully saturated rings. The van der Waals surface area contributed by atoms with E-state index in [1.807, 2.05) is 4.68 Å². The van der Waals surface area contributed by atoms with Gasteiger partial charge in [-0.25, -0.2) is 0 Å². The summed E-state index contributed by atoms with van der Waals surface area (Å²) in [4.78, 5) is 0. The third kappa shape index (κ3) is 2.83. The van der Waals surface area contributed by atoms with Crippen molar-refractivity contribution in [3.63, 3.8) is 0 Å². The van der Waals surface area contributed by atoms with E-state index in [0.29, 0.717) is 5.41 Å². The summed E-state index contributed by atoms with van der Waals surface area (Å²) in [5, 5.41) is 8.49. The Bertz CT molecular complexity index is 326. The molecule has 1 aliphatic rings. The van der Waals surface area contributed by atoms with Crippen molar-refractivity contribution in [1.82, 2.24) is 15.0 Å². The number of hydrogen-bond donors (Lipinski definition) is 0. The lowest BCUT2D eigenvalue weighted by Crippen LogP contribution is -2.00. The maximum absolute atomic E-state index is 4.28. The molecule has 1 aliphatic carbocycles. The summed E-state index contributed by atoms with van der Waals surface area (Å²) in [6, 6.07) is 0. The van der Waals surface area contributed by atoms with Crippen LogP contribution < -0.4 is 0 Å². The van der Waals surface area contributed by atoms with Gasteiger partial charge < -0.3 is 0 Å². The number of hydrogen-bond acceptors (Lipinski definition) is 2. The van der Waals surface area contributed by atoms with Crippen LogP contribution in [0.1, 0.15) is 64.5 Å². The summed E-state index contributed by atoms with van der Waals surface area (Å²) < 4.78 is 2.02. The minimum absolute atomic E-state index is 0.362. The second-order valence-electron chi connectivity index (χ2n) is 5.34. The maximum Gasteiger partial charge on any atom is 0.0885 e. The lowest BCUT2D eigenvalue weighted by molar-refractivity contribution is 0.521. The Morgan fingerprint density at radius 3 is 2.69 bits per heavy atom. The third-order valence-electron chi connectivity index (χ3n) is 3.65. The summed E-state index contributed by atoms with van der Waals surface area (Å²) in [6.07, 6.45) is 11.3. The molecule has 1 aromatic heterocycles. The molecule has 3 nitrogen and oxygen atoms in total. The number of unbranched alkanes of at least 4 members (excludes halogenated alkanes) is 4. The highest BCUT2D eigenvalue weighted by molar-refractivity contribution is 5.18. The van der Waals surface area contributed by atoms with E-state index in [4.69, 9.17) is 0 Å². The van der Waals surface area contributed by atoms with Crippen molar-refractivity contribution >= 4 is 0 Å². The van der Waals surface area contributed by atoms with E-state index in [1.165, 1.54) is 50.6 Å². The van der Waals surface area contributed by atoms with Gasteiger partial charge >= 0.3 is 0 Å². The Labute approximate surface area is 98.2 Å². The summed E-state index contributed by atoms with van der Waals surface area (Å²) in [5.74, 6) is 0. The Hall–Kier alpha value is -0.860. The first-order valence-electron chi connectivity index (χ1n) is 6.65. The maximum atomic E-state index is 4.28. The van der Waals surface area contributed by atoms with Crippen molar-refractivity contribution in [2.75, 3.05) is 0 Å². The fourth-order valence-electron chi connectivity index (χ4n) is 2.01. The fraction of sp³-hybridized carbons (Fsp3) is 0.846. The second-order valence-corrected chi connectivity index (χ2v) is 5.34. The smallest absolute Gasteiger partial charge is 0.0885 e. The van der Waals surface area contributed by atoms with Gasteiger partial charge in [0.2, 0.25) is 0 Å². The fourth-order valence-corrected chi connectivity index (χ4v) is 2.01. The molecule has 0 unspecified atom stereocenters. The van der Waals surface area contributed by atoms with Crippen LogP contribution >= 0.6 is 0 Å². The SMILES string of the molecule is CCCCCCCn1cc(C2(C)CC2)nn1. The van der Waals surface area contributed by atoms with Crippen molar-refractivity contribution in [2.24, 2.45) is 0 Å². The van der Waals surface area contributed by atoms with Gasteiger partial charge in [-0.15, -0.1) is 5.10 Å². The minimum Gasteiger partial charge on any atom is -0.252 e. The highest BCUT2D eigenvalue weighted by atomic mass is 15.4. The van der Waals surface area contributed by atoms with Gasteiger partial charge in [-0.1, -0.05) is 44.7 Å². The van der Waals surface area contributed by atoms with E-state index in [9.17, 15) is 0 Å². The first kappa shape index (κ1) is 11.6. The molecule has 0 aromatic carbocycles. The molecule has 1 heterocycles. The topological polar surface area (TPSA) is 30.7 Å². The standard InChI is InChI=1S/C13H23N3/c1-3-4-5-6-7-10-16-11-12(14-15-16)13(2)8-9-13/h11H,3-10H2,1-2H3. The second kappa shape index (κ2) is 4.98. The summed E-state index contributed by atoms with van der Waals surface area (Å²) in [7, 11) is 0. The Balaban J connectivity index is 1.71. The predicted molar refractivity (Wildman–Crippen MR) is 65.4 cm³/mol. The van der Waals surface area contributed by atoms with Crippen LogP contribution in [-0.4, -0.2) is 15.0 Å². The monoisotopic (exact) mass is 221 g/mol. The van der Waals surface area contributed by atoms with E-state index in [0.717, 1.165) is 6.54 Å². The molecule has 3 heteroatoms. The Kier molecular flexibility index (Phi) is 3.62. The molecule has 0 amide bonds. The first-order chi connectivity index (χ1) is 7.74. The van der Waals surface area contributed by atoms with Crippen molar-refractivity contribution in [3.8, 4) is 0 Å². The molecule has 0 atom stereocenters. The molecule has 0 spiro atoms. The van der Waals surface area contributed by atoms with Crippen LogP contribution in [0, 0.1) is 0 Å². The van der Waals surface area contributed by atoms with E-state index in [1.54, 1.807) is 0 Å². The Morgan fingerprint density at radius 2 is 2.00 bits per heavy atom. The van der Waals surface area contributed by atoms with Gasteiger partial charge in [0.1, 0.15) is 0 Å². The molecule has 0 radical (unpaired) electrons. The zero-order valence-electron chi connectivity index (χ0n) is 10.6. The van der Waals surface area contributed by atoms with E-state index in [2.05, 4.69) is 30.4 Å². The molecule has 0 aliphatic heterocycles. The average molecular weight is 221 g/mol. The van der Waals surface area contributed by atoms with E-state index in [-0.39, 0.29) is 0 Å². The van der Waals surface area contributed by atoms with Crippen molar-refractivity contribution in [3.05, 3.63) is 11.9 Å². The largest absolute Gasteiger partial charge is 0.252 e. The van der Waals surface area contributed by atoms with Crippen LogP contribution in [0.15, 0.2) is 6.20 Å². The molecule has 1 saturated carbocycles. The normalized spacial score (nSPS) is 17.6. The molecule has 0 N–H and O–H groups in total. The molecular weight excluding hydrogens is 198 g/mol. The average Bonchev–Trinajstić information content (AvgIpc) is 2.85. The zero-order valence-corrected chi connectivity index (χ0v) is 10.6. The van der Waals surface area contributed by atoms with Crippen LogP contribution in [0.3, 0.4) is 0 Å². The van der Waals surface area contributed by atoms with Crippen molar-refractivity contribution < 1.29 is 0 Å². The van der Waals surface area contributed by atoms with E-state index < -0.39 is 0 Å². The summed E-state index contributed by atoms with van der Waals surface area (Å²) in [5.41, 5.74) is 1.56. The first-order valence-corrected chi connectivity index (χ1v) is 6.65. The number of rotatable bonds is 7. The molecule has 2 rings (SSSR count). The van der Waals surface area contributed by atoms with Crippen molar-refractivity contribution in [2.45, 2.75) is 70.8 Å². The van der Waals surface area contributed by atoms with Crippen LogP contribution in [0.5, 0.6) is 0 Å². The molecule has 0 bridgehead atoms. The molecule has 0 saturated heterocycles. The highest BCUT2D eigenvalue weighted by Crippen LogP contribution is 2.46. The van der Waals surface area contributed by atoms with Gasteiger partial charge in [0.05, 0.1) is 5.69 Å². The highest BCUT2D eigenvalue weighted by Gasteiger charge is 2.41. The number of aryl methyl sites for hydroxylation is 1. The quantitative estimate of drug-likeness (QED) is 0.661. The van der Waals surface area contributed by atoms with Gasteiger partial charge in [0, 0.05) is 18.2 Å². The summed E-state index contributed by atoms with van der Waals surface area (Å²) >= 11 is 0. The van der Waals surface area contributed by atoms with Crippen LogP contribution in [0.2, 0.25) is 0 Å². The zero-order chi connectivity index (χ0) is 11.4. The van der Waals surface area contributed by atoms with Gasteiger partial charge in [-0.05, 0) is 19.3 Å². The van der Waals surface area contributed by atoms with Crippen LogP contribution in [0.25, 0.3) is 0 Å².